The van der Waals surface area contributed by atoms with Gasteiger partial charge in [-0.1, -0.05) is 46.3 Å². The topological polar surface area (TPSA) is 41.5 Å². The quantitative estimate of drug-likeness (QED) is 0.845. The maximum absolute atomic E-state index is 9.03. The lowest BCUT2D eigenvalue weighted by atomic mass is 10.1. The van der Waals surface area contributed by atoms with Crippen molar-refractivity contribution in [2.24, 2.45) is 0 Å². The summed E-state index contributed by atoms with van der Waals surface area (Å²) in [4.78, 5) is 0. The van der Waals surface area contributed by atoms with Crippen LogP contribution in [0.15, 0.2) is 46.9 Å². The smallest absolute Gasteiger partial charge is 0.0744 e. The molecule has 0 saturated carbocycles. The average molecular weight is 336 g/mol. The molecule has 0 spiro atoms. The summed E-state index contributed by atoms with van der Waals surface area (Å²) in [6.07, 6.45) is 0. The molecule has 0 fully saturated rings. The van der Waals surface area contributed by atoms with E-state index in [1.165, 1.54) is 5.56 Å². The van der Waals surface area contributed by atoms with E-state index in [0.29, 0.717) is 6.61 Å². The van der Waals surface area contributed by atoms with Crippen molar-refractivity contribution in [3.63, 3.8) is 0 Å². The molecular weight excluding hydrogens is 318 g/mol. The van der Waals surface area contributed by atoms with Gasteiger partial charge >= 0.3 is 0 Å². The number of anilines is 1. The molecule has 20 heavy (non-hydrogen) atoms. The van der Waals surface area contributed by atoms with Gasteiger partial charge in [-0.3, -0.25) is 0 Å². The molecule has 3 nitrogen and oxygen atoms in total. The second kappa shape index (κ2) is 7.43. The van der Waals surface area contributed by atoms with Crippen molar-refractivity contribution in [3.8, 4) is 0 Å². The number of ether oxygens (including phenoxy) is 1. The van der Waals surface area contributed by atoms with Gasteiger partial charge in [0.15, 0.2) is 0 Å². The van der Waals surface area contributed by atoms with E-state index in [0.717, 1.165) is 27.8 Å². The third kappa shape index (κ3) is 3.82. The zero-order valence-electron chi connectivity index (χ0n) is 11.4. The van der Waals surface area contributed by atoms with E-state index in [1.54, 1.807) is 7.11 Å². The van der Waals surface area contributed by atoms with Gasteiger partial charge in [-0.05, 0) is 23.3 Å². The molecule has 0 saturated heterocycles. The van der Waals surface area contributed by atoms with Crippen LogP contribution < -0.4 is 5.32 Å². The molecule has 4 heteroatoms. The first-order chi connectivity index (χ1) is 9.74. The second-order valence-electron chi connectivity index (χ2n) is 4.53. The SMILES string of the molecule is COCc1c(Br)cccc1NCc1ccc(CO)cc1. The lowest BCUT2D eigenvalue weighted by Gasteiger charge is -2.13. The summed E-state index contributed by atoms with van der Waals surface area (Å²) in [7, 11) is 1.69. The molecule has 0 amide bonds. The van der Waals surface area contributed by atoms with Gasteiger partial charge in [-0.15, -0.1) is 0 Å². The molecule has 106 valence electrons. The highest BCUT2D eigenvalue weighted by Gasteiger charge is 2.06. The van der Waals surface area contributed by atoms with Gasteiger partial charge in [0.25, 0.3) is 0 Å². The molecule has 2 N–H and O–H groups in total. The van der Waals surface area contributed by atoms with Crippen LogP contribution in [0.25, 0.3) is 0 Å². The van der Waals surface area contributed by atoms with E-state index < -0.39 is 0 Å². The molecule has 0 aromatic heterocycles. The summed E-state index contributed by atoms with van der Waals surface area (Å²) in [5.74, 6) is 0. The van der Waals surface area contributed by atoms with Crippen LogP contribution in [0.5, 0.6) is 0 Å². The van der Waals surface area contributed by atoms with Crippen LogP contribution in [0.2, 0.25) is 0 Å². The van der Waals surface area contributed by atoms with Gasteiger partial charge in [-0.2, -0.15) is 0 Å². The lowest BCUT2D eigenvalue weighted by molar-refractivity contribution is 0.185. The van der Waals surface area contributed by atoms with E-state index in [4.69, 9.17) is 9.84 Å². The molecule has 2 aromatic carbocycles. The molecule has 0 radical (unpaired) electrons. The summed E-state index contributed by atoms with van der Waals surface area (Å²) in [5.41, 5.74) is 4.27. The van der Waals surface area contributed by atoms with Crippen LogP contribution in [0.4, 0.5) is 5.69 Å². The summed E-state index contributed by atoms with van der Waals surface area (Å²) < 4.78 is 6.28. The Balaban J connectivity index is 2.08. The fourth-order valence-corrected chi connectivity index (χ4v) is 2.46. The van der Waals surface area contributed by atoms with E-state index in [1.807, 2.05) is 42.5 Å². The molecule has 0 heterocycles. The highest BCUT2D eigenvalue weighted by Crippen LogP contribution is 2.26. The van der Waals surface area contributed by atoms with E-state index >= 15 is 0 Å². The number of aliphatic hydroxyl groups is 1. The standard InChI is InChI=1S/C16H18BrNO2/c1-20-11-14-15(17)3-2-4-16(14)18-9-12-5-7-13(10-19)8-6-12/h2-8,18-19H,9-11H2,1H3. The molecule has 0 aliphatic rings. The number of rotatable bonds is 6. The van der Waals surface area contributed by atoms with Crippen molar-refractivity contribution in [1.29, 1.82) is 0 Å². The Morgan fingerprint density at radius 3 is 2.45 bits per heavy atom. The number of nitrogens with one attached hydrogen (secondary N) is 1. The second-order valence-corrected chi connectivity index (χ2v) is 5.38. The maximum atomic E-state index is 9.03. The van der Waals surface area contributed by atoms with Crippen LogP contribution in [-0.4, -0.2) is 12.2 Å². The fourth-order valence-electron chi connectivity index (χ4n) is 1.98. The van der Waals surface area contributed by atoms with Crippen LogP contribution >= 0.6 is 15.9 Å². The van der Waals surface area contributed by atoms with Gasteiger partial charge in [0.2, 0.25) is 0 Å². The average Bonchev–Trinajstić information content (AvgIpc) is 2.48. The summed E-state index contributed by atoms with van der Waals surface area (Å²) in [6, 6.07) is 14.0. The van der Waals surface area contributed by atoms with Crippen molar-refractivity contribution in [2.75, 3.05) is 12.4 Å². The normalized spacial score (nSPS) is 10.6. The molecule has 0 aliphatic heterocycles. The Kier molecular flexibility index (Phi) is 5.59. The Bertz CT molecular complexity index is 555. The van der Waals surface area contributed by atoms with Gasteiger partial charge < -0.3 is 15.2 Å². The highest BCUT2D eigenvalue weighted by atomic mass is 79.9. The minimum absolute atomic E-state index is 0.0807. The Hall–Kier alpha value is -1.36. The third-order valence-electron chi connectivity index (χ3n) is 3.10. The van der Waals surface area contributed by atoms with Gasteiger partial charge in [0.1, 0.15) is 0 Å². The number of benzene rings is 2. The molecule has 2 rings (SSSR count). The first-order valence-corrected chi connectivity index (χ1v) is 7.22. The molecule has 0 atom stereocenters. The number of hydrogen-bond acceptors (Lipinski definition) is 3. The van der Waals surface area contributed by atoms with E-state index in [2.05, 4.69) is 21.2 Å². The highest BCUT2D eigenvalue weighted by molar-refractivity contribution is 9.10. The largest absolute Gasteiger partial charge is 0.392 e. The zero-order valence-corrected chi connectivity index (χ0v) is 13.0. The maximum Gasteiger partial charge on any atom is 0.0744 e. The van der Waals surface area contributed by atoms with Crippen LogP contribution in [-0.2, 0) is 24.5 Å². The fraction of sp³-hybridized carbons (Fsp3) is 0.250. The van der Waals surface area contributed by atoms with Crippen LogP contribution in [0, 0.1) is 0 Å². The lowest BCUT2D eigenvalue weighted by Crippen LogP contribution is -2.04. The van der Waals surface area contributed by atoms with Crippen molar-refractivity contribution in [2.45, 2.75) is 19.8 Å². The molecule has 0 unspecified atom stereocenters. The zero-order chi connectivity index (χ0) is 14.4. The number of methoxy groups -OCH3 is 1. The molecular formula is C16H18BrNO2. The number of aliphatic hydroxyl groups excluding tert-OH is 1. The first-order valence-electron chi connectivity index (χ1n) is 6.43. The number of hydrogen-bond donors (Lipinski definition) is 2. The number of halogens is 1. The van der Waals surface area contributed by atoms with Gasteiger partial charge in [0, 0.05) is 29.4 Å². The minimum Gasteiger partial charge on any atom is -0.392 e. The molecule has 0 bridgehead atoms. The Morgan fingerprint density at radius 1 is 1.10 bits per heavy atom. The van der Waals surface area contributed by atoms with Crippen LogP contribution in [0.3, 0.4) is 0 Å². The van der Waals surface area contributed by atoms with Crippen molar-refractivity contribution in [1.82, 2.24) is 0 Å². The first kappa shape index (κ1) is 15.0. The third-order valence-corrected chi connectivity index (χ3v) is 3.84. The Morgan fingerprint density at radius 2 is 1.80 bits per heavy atom. The summed E-state index contributed by atoms with van der Waals surface area (Å²) in [5, 5.41) is 12.4. The van der Waals surface area contributed by atoms with Crippen LogP contribution in [0.1, 0.15) is 16.7 Å². The minimum atomic E-state index is 0.0807. The van der Waals surface area contributed by atoms with Gasteiger partial charge in [0.05, 0.1) is 13.2 Å². The molecule has 2 aromatic rings. The van der Waals surface area contributed by atoms with E-state index in [-0.39, 0.29) is 6.61 Å². The monoisotopic (exact) mass is 335 g/mol. The van der Waals surface area contributed by atoms with Gasteiger partial charge in [-0.25, -0.2) is 0 Å². The Labute approximate surface area is 127 Å². The summed E-state index contributed by atoms with van der Waals surface area (Å²) in [6.45, 7) is 1.38. The van der Waals surface area contributed by atoms with Crippen molar-refractivity contribution in [3.05, 3.63) is 63.6 Å². The predicted octanol–water partition coefficient (Wildman–Crippen LogP) is 3.70. The predicted molar refractivity (Wildman–Crippen MR) is 84.5 cm³/mol. The summed E-state index contributed by atoms with van der Waals surface area (Å²) >= 11 is 3.55. The molecule has 0 aliphatic carbocycles. The van der Waals surface area contributed by atoms with E-state index in [9.17, 15) is 0 Å². The van der Waals surface area contributed by atoms with Crippen molar-refractivity contribution >= 4 is 21.6 Å². The van der Waals surface area contributed by atoms with Crippen molar-refractivity contribution < 1.29 is 9.84 Å².